The molecule has 0 aliphatic carbocycles. The molecule has 0 heterocycles. The lowest BCUT2D eigenvalue weighted by molar-refractivity contribution is 0.231. The number of aliphatic hydroxyl groups is 1. The van der Waals surface area contributed by atoms with Gasteiger partial charge in [-0.05, 0) is 38.5 Å². The van der Waals surface area contributed by atoms with E-state index in [-0.39, 0.29) is 0 Å². The average Bonchev–Trinajstić information content (AvgIpc) is 2.47. The smallest absolute Gasteiger partial charge is 0.0843 e. The molecule has 0 spiro atoms. The van der Waals surface area contributed by atoms with Crippen LogP contribution in [0.25, 0.3) is 0 Å². The predicted molar refractivity (Wildman–Crippen MR) is 89.8 cm³/mol. The third-order valence-corrected chi connectivity index (χ3v) is 3.48. The molecule has 20 heavy (non-hydrogen) atoms. The Kier molecular flexibility index (Phi) is 16.0. The second-order valence-electron chi connectivity index (χ2n) is 5.54. The Hall–Kier alpha value is -0.600. The molecule has 118 valence electrons. The lowest BCUT2D eigenvalue weighted by Crippen LogP contribution is -2.16. The average molecular weight is 281 g/mol. The Bertz CT molecular complexity index is 236. The molecule has 0 aromatic carbocycles. The number of hydrogen-bond acceptors (Lipinski definition) is 2. The van der Waals surface area contributed by atoms with Crippen molar-refractivity contribution in [1.29, 1.82) is 0 Å². The van der Waals surface area contributed by atoms with Crippen LogP contribution in [-0.2, 0) is 0 Å². The number of nitrogens with two attached hydrogens (primary N) is 1. The number of aliphatic hydroxyl groups excluding tert-OH is 1. The van der Waals surface area contributed by atoms with Crippen LogP contribution in [0.4, 0.5) is 0 Å². The Balaban J connectivity index is 3.18. The molecule has 3 N–H and O–H groups in total. The molecule has 1 unspecified atom stereocenters. The van der Waals surface area contributed by atoms with Gasteiger partial charge in [0, 0.05) is 6.54 Å². The molecule has 0 aromatic heterocycles. The van der Waals surface area contributed by atoms with Crippen LogP contribution in [0.2, 0.25) is 0 Å². The van der Waals surface area contributed by atoms with Crippen molar-refractivity contribution in [3.8, 4) is 0 Å². The van der Waals surface area contributed by atoms with Gasteiger partial charge in [-0.2, -0.15) is 0 Å². The molecule has 0 fully saturated rings. The summed E-state index contributed by atoms with van der Waals surface area (Å²) >= 11 is 0. The summed E-state index contributed by atoms with van der Waals surface area (Å²) in [5, 5.41) is 9.23. The number of unbranched alkanes of at least 4 members (excludes halogenated alkanes) is 9. The molecule has 2 heteroatoms. The van der Waals surface area contributed by atoms with Crippen molar-refractivity contribution in [2.24, 2.45) is 5.73 Å². The second-order valence-corrected chi connectivity index (χ2v) is 5.54. The fourth-order valence-corrected chi connectivity index (χ4v) is 2.13. The zero-order valence-electron chi connectivity index (χ0n) is 13.4. The summed E-state index contributed by atoms with van der Waals surface area (Å²) in [6, 6.07) is 0. The maximum atomic E-state index is 9.23. The van der Waals surface area contributed by atoms with E-state index >= 15 is 0 Å². The third kappa shape index (κ3) is 15.5. The van der Waals surface area contributed by atoms with E-state index in [4.69, 9.17) is 5.73 Å². The van der Waals surface area contributed by atoms with E-state index < -0.39 is 6.10 Å². The van der Waals surface area contributed by atoms with Crippen LogP contribution in [0.15, 0.2) is 24.3 Å². The van der Waals surface area contributed by atoms with Crippen LogP contribution in [0, 0.1) is 0 Å². The summed E-state index contributed by atoms with van der Waals surface area (Å²) in [4.78, 5) is 0. The fourth-order valence-electron chi connectivity index (χ4n) is 2.13. The normalized spacial score (nSPS) is 13.6. The third-order valence-electron chi connectivity index (χ3n) is 3.48. The van der Waals surface area contributed by atoms with Crippen LogP contribution >= 0.6 is 0 Å². The Labute approximate surface area is 126 Å². The van der Waals surface area contributed by atoms with E-state index in [0.717, 1.165) is 6.42 Å². The molecule has 0 aliphatic rings. The summed E-state index contributed by atoms with van der Waals surface area (Å²) in [6.45, 7) is 2.58. The molecule has 1 atom stereocenters. The zero-order chi connectivity index (χ0) is 14.9. The molecule has 0 saturated carbocycles. The first-order valence-corrected chi connectivity index (χ1v) is 8.51. The summed E-state index contributed by atoms with van der Waals surface area (Å²) in [5.74, 6) is 0. The fraction of sp³-hybridized carbons (Fsp3) is 0.778. The van der Waals surface area contributed by atoms with Gasteiger partial charge in [0.25, 0.3) is 0 Å². The van der Waals surface area contributed by atoms with Gasteiger partial charge in [-0.25, -0.2) is 0 Å². The van der Waals surface area contributed by atoms with Crippen LogP contribution < -0.4 is 5.73 Å². The Morgan fingerprint density at radius 3 is 1.90 bits per heavy atom. The zero-order valence-corrected chi connectivity index (χ0v) is 13.4. The number of hydrogen-bond donors (Lipinski definition) is 2. The van der Waals surface area contributed by atoms with Gasteiger partial charge in [0.1, 0.15) is 0 Å². The van der Waals surface area contributed by atoms with Gasteiger partial charge in [0.2, 0.25) is 0 Å². The van der Waals surface area contributed by atoms with Gasteiger partial charge in [0.05, 0.1) is 6.10 Å². The summed E-state index contributed by atoms with van der Waals surface area (Å²) in [6.07, 6.45) is 22.2. The predicted octanol–water partition coefficient (Wildman–Crippen LogP) is 4.73. The highest BCUT2D eigenvalue weighted by molar-refractivity contribution is 4.89. The molecule has 0 radical (unpaired) electrons. The van der Waals surface area contributed by atoms with Gasteiger partial charge in [-0.15, -0.1) is 0 Å². The summed E-state index contributed by atoms with van der Waals surface area (Å²) < 4.78 is 0. The van der Waals surface area contributed by atoms with Crippen molar-refractivity contribution in [2.75, 3.05) is 6.54 Å². The lowest BCUT2D eigenvalue weighted by atomic mass is 10.1. The van der Waals surface area contributed by atoms with Crippen LogP contribution in [-0.4, -0.2) is 17.8 Å². The molecule has 0 amide bonds. The van der Waals surface area contributed by atoms with E-state index in [1.807, 2.05) is 6.08 Å². The first-order valence-electron chi connectivity index (χ1n) is 8.51. The minimum Gasteiger partial charge on any atom is -0.388 e. The van der Waals surface area contributed by atoms with Gasteiger partial charge in [-0.3, -0.25) is 0 Å². The Morgan fingerprint density at radius 1 is 0.800 bits per heavy atom. The molecule has 0 rings (SSSR count). The first-order chi connectivity index (χ1) is 9.81. The topological polar surface area (TPSA) is 46.2 Å². The van der Waals surface area contributed by atoms with Crippen LogP contribution in [0.3, 0.4) is 0 Å². The van der Waals surface area contributed by atoms with Crippen molar-refractivity contribution in [3.05, 3.63) is 24.3 Å². The van der Waals surface area contributed by atoms with Crippen molar-refractivity contribution < 1.29 is 5.11 Å². The lowest BCUT2D eigenvalue weighted by Gasteiger charge is -1.99. The van der Waals surface area contributed by atoms with Crippen LogP contribution in [0.1, 0.15) is 77.6 Å². The van der Waals surface area contributed by atoms with Gasteiger partial charge >= 0.3 is 0 Å². The van der Waals surface area contributed by atoms with Crippen molar-refractivity contribution in [1.82, 2.24) is 0 Å². The van der Waals surface area contributed by atoms with Crippen molar-refractivity contribution in [2.45, 2.75) is 83.7 Å². The molecule has 0 aromatic rings. The van der Waals surface area contributed by atoms with Crippen LogP contribution in [0.5, 0.6) is 0 Å². The van der Waals surface area contributed by atoms with Crippen molar-refractivity contribution >= 4 is 0 Å². The quantitative estimate of drug-likeness (QED) is 0.357. The van der Waals surface area contributed by atoms with Crippen molar-refractivity contribution in [3.63, 3.8) is 0 Å². The SMILES string of the molecule is CCCCCCCCC=CCCCCC=CC(O)CN. The molecule has 0 saturated heterocycles. The van der Waals surface area contributed by atoms with E-state index in [1.165, 1.54) is 64.2 Å². The largest absolute Gasteiger partial charge is 0.388 e. The van der Waals surface area contributed by atoms with E-state index in [2.05, 4.69) is 19.1 Å². The van der Waals surface area contributed by atoms with E-state index in [9.17, 15) is 5.11 Å². The molecule has 2 nitrogen and oxygen atoms in total. The highest BCUT2D eigenvalue weighted by atomic mass is 16.3. The molecular weight excluding hydrogens is 246 g/mol. The van der Waals surface area contributed by atoms with Gasteiger partial charge in [0.15, 0.2) is 0 Å². The molecule has 0 bridgehead atoms. The standard InChI is InChI=1S/C18H35NO/c1-2-3-4-5-6-7-8-9-10-11-12-13-14-15-16-18(20)17-19/h9-10,15-16,18,20H,2-8,11-14,17,19H2,1H3. The first kappa shape index (κ1) is 19.4. The summed E-state index contributed by atoms with van der Waals surface area (Å²) in [5.41, 5.74) is 5.32. The maximum absolute atomic E-state index is 9.23. The minimum atomic E-state index is -0.466. The Morgan fingerprint density at radius 2 is 1.30 bits per heavy atom. The highest BCUT2D eigenvalue weighted by Gasteiger charge is 1.91. The minimum absolute atomic E-state index is 0.317. The monoisotopic (exact) mass is 281 g/mol. The molecule has 0 aliphatic heterocycles. The summed E-state index contributed by atoms with van der Waals surface area (Å²) in [7, 11) is 0. The van der Waals surface area contributed by atoms with E-state index in [1.54, 1.807) is 6.08 Å². The number of allylic oxidation sites excluding steroid dienone is 3. The second kappa shape index (κ2) is 16.5. The highest BCUT2D eigenvalue weighted by Crippen LogP contribution is 2.08. The number of rotatable bonds is 14. The molecular formula is C18H35NO. The maximum Gasteiger partial charge on any atom is 0.0843 e. The van der Waals surface area contributed by atoms with Gasteiger partial charge in [-0.1, -0.05) is 63.3 Å². The van der Waals surface area contributed by atoms with Gasteiger partial charge < -0.3 is 10.8 Å². The van der Waals surface area contributed by atoms with E-state index in [0.29, 0.717) is 6.54 Å².